The van der Waals surface area contributed by atoms with Crippen molar-refractivity contribution in [1.29, 1.82) is 0 Å². The fourth-order valence-corrected chi connectivity index (χ4v) is 3.35. The van der Waals surface area contributed by atoms with Crippen LogP contribution in [-0.2, 0) is 30.3 Å². The molecule has 0 spiro atoms. The summed E-state index contributed by atoms with van der Waals surface area (Å²) in [5.41, 5.74) is 2.24. The molecule has 10 nitrogen and oxygen atoms in total. The summed E-state index contributed by atoms with van der Waals surface area (Å²) in [4.78, 5) is 37.4. The summed E-state index contributed by atoms with van der Waals surface area (Å²) in [6.07, 6.45) is 1.20. The van der Waals surface area contributed by atoms with Crippen LogP contribution < -0.4 is 10.6 Å². The van der Waals surface area contributed by atoms with Crippen LogP contribution in [0, 0.1) is 0 Å². The number of ether oxygens (including phenoxy) is 3. The smallest absolute Gasteiger partial charge is 0.255 e. The van der Waals surface area contributed by atoms with Crippen LogP contribution in [0.4, 0.5) is 5.69 Å². The summed E-state index contributed by atoms with van der Waals surface area (Å²) in [7, 11) is 1.54. The van der Waals surface area contributed by atoms with Gasteiger partial charge < -0.3 is 39.6 Å². The molecule has 0 radical (unpaired) electrons. The van der Waals surface area contributed by atoms with Crippen LogP contribution in [0.25, 0.3) is 0 Å². The molecule has 2 amide bonds. The number of nitrogens with zero attached hydrogens (tertiary/aromatic N) is 1. The summed E-state index contributed by atoms with van der Waals surface area (Å²) >= 11 is 0. The van der Waals surface area contributed by atoms with E-state index in [-0.39, 0.29) is 31.3 Å². The SMILES string of the molecule is CNC(=O)CCC(C=O)N1Cc2c(NCCOCCOCCOCCO)cccc2C1=O. The Morgan fingerprint density at radius 3 is 2.50 bits per heavy atom. The predicted octanol–water partition coefficient (Wildman–Crippen LogP) is 0.190. The summed E-state index contributed by atoms with van der Waals surface area (Å²) in [6.45, 7) is 3.45. The second kappa shape index (κ2) is 14.5. The van der Waals surface area contributed by atoms with Crippen LogP contribution in [0.1, 0.15) is 28.8 Å². The lowest BCUT2D eigenvalue weighted by atomic mass is 10.1. The van der Waals surface area contributed by atoms with Gasteiger partial charge >= 0.3 is 0 Å². The molecule has 1 heterocycles. The fraction of sp³-hybridized carbons (Fsp3) is 0.591. The zero-order valence-electron chi connectivity index (χ0n) is 18.5. The minimum Gasteiger partial charge on any atom is -0.394 e. The largest absolute Gasteiger partial charge is 0.394 e. The van der Waals surface area contributed by atoms with E-state index in [9.17, 15) is 14.4 Å². The molecule has 0 saturated heterocycles. The molecule has 10 heteroatoms. The van der Waals surface area contributed by atoms with Crippen molar-refractivity contribution < 1.29 is 33.7 Å². The van der Waals surface area contributed by atoms with Crippen LogP contribution in [0.5, 0.6) is 0 Å². The lowest BCUT2D eigenvalue weighted by Crippen LogP contribution is -2.37. The first-order valence-corrected chi connectivity index (χ1v) is 10.8. The molecule has 178 valence electrons. The third-order valence-electron chi connectivity index (χ3n) is 5.04. The fourth-order valence-electron chi connectivity index (χ4n) is 3.35. The molecule has 2 rings (SSSR count). The topological polar surface area (TPSA) is 126 Å². The van der Waals surface area contributed by atoms with Gasteiger partial charge in [0.25, 0.3) is 5.91 Å². The number of rotatable bonds is 17. The highest BCUT2D eigenvalue weighted by atomic mass is 16.5. The second-order valence-corrected chi connectivity index (χ2v) is 7.17. The number of carbonyl (C=O) groups excluding carboxylic acids is 3. The first-order chi connectivity index (χ1) is 15.6. The Hall–Kier alpha value is -2.53. The van der Waals surface area contributed by atoms with Gasteiger partial charge in [0.15, 0.2) is 0 Å². The highest BCUT2D eigenvalue weighted by Crippen LogP contribution is 2.31. The average Bonchev–Trinajstić information content (AvgIpc) is 3.15. The first-order valence-electron chi connectivity index (χ1n) is 10.8. The molecule has 0 bridgehead atoms. The molecular formula is C22H33N3O7. The number of amides is 2. The Labute approximate surface area is 188 Å². The van der Waals surface area contributed by atoms with Crippen molar-refractivity contribution in [1.82, 2.24) is 10.2 Å². The van der Waals surface area contributed by atoms with E-state index in [4.69, 9.17) is 19.3 Å². The van der Waals surface area contributed by atoms with Gasteiger partial charge in [-0.2, -0.15) is 0 Å². The Balaban J connectivity index is 1.75. The maximum Gasteiger partial charge on any atom is 0.255 e. The minimum atomic E-state index is -0.641. The molecule has 0 saturated carbocycles. The molecule has 1 aromatic carbocycles. The number of fused-ring (bicyclic) bond motifs is 1. The van der Waals surface area contributed by atoms with Gasteiger partial charge in [-0.05, 0) is 18.6 Å². The van der Waals surface area contributed by atoms with Crippen molar-refractivity contribution in [3.8, 4) is 0 Å². The van der Waals surface area contributed by atoms with Gasteiger partial charge in [-0.15, -0.1) is 0 Å². The van der Waals surface area contributed by atoms with Crippen molar-refractivity contribution in [2.24, 2.45) is 0 Å². The van der Waals surface area contributed by atoms with E-state index in [0.717, 1.165) is 17.5 Å². The molecular weight excluding hydrogens is 418 g/mol. The van der Waals surface area contributed by atoms with Crippen molar-refractivity contribution in [3.63, 3.8) is 0 Å². The van der Waals surface area contributed by atoms with E-state index in [1.165, 1.54) is 4.90 Å². The van der Waals surface area contributed by atoms with E-state index < -0.39 is 6.04 Å². The maximum absolute atomic E-state index is 12.8. The van der Waals surface area contributed by atoms with Crippen LogP contribution in [0.2, 0.25) is 0 Å². The maximum atomic E-state index is 12.8. The molecule has 32 heavy (non-hydrogen) atoms. The molecule has 1 aliphatic rings. The van der Waals surface area contributed by atoms with Gasteiger partial charge in [0, 0.05) is 43.4 Å². The number of hydrogen-bond acceptors (Lipinski definition) is 8. The Morgan fingerprint density at radius 1 is 1.16 bits per heavy atom. The summed E-state index contributed by atoms with van der Waals surface area (Å²) in [6, 6.07) is 4.81. The van der Waals surface area contributed by atoms with Crippen LogP contribution in [-0.4, -0.2) is 94.0 Å². The van der Waals surface area contributed by atoms with Crippen molar-refractivity contribution in [2.45, 2.75) is 25.4 Å². The zero-order valence-corrected chi connectivity index (χ0v) is 18.5. The third-order valence-corrected chi connectivity index (χ3v) is 5.04. The normalized spacial score (nSPS) is 13.7. The summed E-state index contributed by atoms with van der Waals surface area (Å²) in [5, 5.41) is 14.4. The monoisotopic (exact) mass is 451 g/mol. The first kappa shape index (κ1) is 25.7. The van der Waals surface area contributed by atoms with Crippen LogP contribution in [0.3, 0.4) is 0 Å². The number of anilines is 1. The number of nitrogens with one attached hydrogen (secondary N) is 2. The minimum absolute atomic E-state index is 0.00226. The second-order valence-electron chi connectivity index (χ2n) is 7.17. The number of aliphatic hydroxyl groups excluding tert-OH is 1. The summed E-state index contributed by atoms with van der Waals surface area (Å²) in [5.74, 6) is -0.363. The van der Waals surface area contributed by atoms with Gasteiger partial charge in [0.05, 0.1) is 52.3 Å². The number of aldehydes is 1. The van der Waals surface area contributed by atoms with Crippen molar-refractivity contribution >= 4 is 23.8 Å². The van der Waals surface area contributed by atoms with Crippen molar-refractivity contribution in [2.75, 3.05) is 65.2 Å². The van der Waals surface area contributed by atoms with Crippen LogP contribution >= 0.6 is 0 Å². The predicted molar refractivity (Wildman–Crippen MR) is 118 cm³/mol. The standard InChI is InChI=1S/C22H33N3O7/c1-23-21(28)6-5-17(16-27)25-15-19-18(22(25)29)3-2-4-20(19)24-7-9-30-11-13-32-14-12-31-10-8-26/h2-4,16-17,24,26H,5-15H2,1H3,(H,23,28). The van der Waals surface area contributed by atoms with E-state index >= 15 is 0 Å². The molecule has 3 N–H and O–H groups in total. The quantitative estimate of drug-likeness (QED) is 0.226. The molecule has 1 unspecified atom stereocenters. The van der Waals surface area contributed by atoms with E-state index in [2.05, 4.69) is 10.6 Å². The number of benzene rings is 1. The van der Waals surface area contributed by atoms with E-state index in [1.54, 1.807) is 19.2 Å². The van der Waals surface area contributed by atoms with Crippen LogP contribution in [0.15, 0.2) is 18.2 Å². The number of hydrogen-bond donors (Lipinski definition) is 3. The average molecular weight is 452 g/mol. The molecule has 0 aliphatic carbocycles. The molecule has 0 aromatic heterocycles. The highest BCUT2D eigenvalue weighted by molar-refractivity contribution is 6.01. The number of aliphatic hydroxyl groups is 1. The lowest BCUT2D eigenvalue weighted by Gasteiger charge is -2.22. The Morgan fingerprint density at radius 2 is 1.84 bits per heavy atom. The van der Waals surface area contributed by atoms with Gasteiger partial charge in [-0.25, -0.2) is 0 Å². The lowest BCUT2D eigenvalue weighted by molar-refractivity contribution is -0.121. The molecule has 1 aromatic rings. The van der Waals surface area contributed by atoms with Gasteiger partial charge in [0.1, 0.15) is 6.29 Å². The zero-order chi connectivity index (χ0) is 23.2. The van der Waals surface area contributed by atoms with Gasteiger partial charge in [0.2, 0.25) is 5.91 Å². The molecule has 1 atom stereocenters. The highest BCUT2D eigenvalue weighted by Gasteiger charge is 2.34. The summed E-state index contributed by atoms with van der Waals surface area (Å²) < 4.78 is 16.0. The Kier molecular flexibility index (Phi) is 11.7. The third kappa shape index (κ3) is 7.86. The van der Waals surface area contributed by atoms with E-state index in [0.29, 0.717) is 58.3 Å². The van der Waals surface area contributed by atoms with Gasteiger partial charge in [-0.3, -0.25) is 9.59 Å². The van der Waals surface area contributed by atoms with Crippen molar-refractivity contribution in [3.05, 3.63) is 29.3 Å². The Bertz CT molecular complexity index is 744. The molecule has 0 fully saturated rings. The number of carbonyl (C=O) groups is 3. The van der Waals surface area contributed by atoms with E-state index in [1.807, 2.05) is 6.07 Å². The van der Waals surface area contributed by atoms with Gasteiger partial charge in [-0.1, -0.05) is 6.07 Å². The molecule has 1 aliphatic heterocycles.